The summed E-state index contributed by atoms with van der Waals surface area (Å²) < 4.78 is 5.27. The number of imide groups is 1. The van der Waals surface area contributed by atoms with Crippen LogP contribution in [-0.4, -0.2) is 50.8 Å². The first-order chi connectivity index (χ1) is 14.2. The third kappa shape index (κ3) is 3.36. The average molecular weight is 541 g/mol. The largest absolute Gasteiger partial charge is 0.456 e. The van der Waals surface area contributed by atoms with Crippen LogP contribution in [0.3, 0.4) is 0 Å². The number of likely N-dealkylation sites (tertiary alicyclic amines) is 1. The predicted molar refractivity (Wildman–Crippen MR) is 116 cm³/mol. The fourth-order valence-electron chi connectivity index (χ4n) is 5.25. The van der Waals surface area contributed by atoms with Gasteiger partial charge in [-0.2, -0.15) is 0 Å². The minimum Gasteiger partial charge on any atom is -0.456 e. The van der Waals surface area contributed by atoms with Gasteiger partial charge in [0.25, 0.3) is 0 Å². The molecule has 1 saturated heterocycles. The molecule has 1 aromatic carbocycles. The number of ketones is 1. The first-order valence-corrected chi connectivity index (χ1v) is 12.0. The molecule has 2 saturated carbocycles. The van der Waals surface area contributed by atoms with Crippen LogP contribution in [0.25, 0.3) is 0 Å². The summed E-state index contributed by atoms with van der Waals surface area (Å²) in [6.07, 6.45) is 0.828. The lowest BCUT2D eigenvalue weighted by Crippen LogP contribution is -2.50. The maximum atomic E-state index is 13.2. The van der Waals surface area contributed by atoms with E-state index in [9.17, 15) is 19.2 Å². The molecule has 1 aromatic rings. The van der Waals surface area contributed by atoms with Gasteiger partial charge < -0.3 is 4.74 Å². The summed E-state index contributed by atoms with van der Waals surface area (Å²) in [5.74, 6) is -2.56. The van der Waals surface area contributed by atoms with E-state index >= 15 is 0 Å². The second kappa shape index (κ2) is 8.19. The second-order valence-electron chi connectivity index (χ2n) is 8.64. The van der Waals surface area contributed by atoms with Gasteiger partial charge in [-0.15, -0.1) is 0 Å². The number of nitrogens with zero attached hydrogens (tertiary/aromatic N) is 1. The Hall–Kier alpha value is -1.54. The Morgan fingerprint density at radius 3 is 2.07 bits per heavy atom. The van der Waals surface area contributed by atoms with Crippen LogP contribution in [0.2, 0.25) is 0 Å². The van der Waals surface area contributed by atoms with Gasteiger partial charge in [-0.1, -0.05) is 76.0 Å². The Kier molecular flexibility index (Phi) is 5.92. The number of ether oxygens (including phenoxy) is 1. The van der Waals surface area contributed by atoms with Gasteiger partial charge in [0.15, 0.2) is 12.4 Å². The van der Waals surface area contributed by atoms with E-state index in [2.05, 4.69) is 31.9 Å². The van der Waals surface area contributed by atoms with E-state index in [-0.39, 0.29) is 56.8 Å². The van der Waals surface area contributed by atoms with Crippen molar-refractivity contribution < 1.29 is 23.9 Å². The maximum Gasteiger partial charge on any atom is 0.330 e. The zero-order chi connectivity index (χ0) is 21.7. The van der Waals surface area contributed by atoms with Gasteiger partial charge in [-0.25, -0.2) is 4.79 Å². The third-order valence-electron chi connectivity index (χ3n) is 6.61. The number of hydrogen-bond acceptors (Lipinski definition) is 5. The number of esters is 1. The van der Waals surface area contributed by atoms with E-state index in [1.54, 1.807) is 44.2 Å². The van der Waals surface area contributed by atoms with Crippen molar-refractivity contribution >= 4 is 55.4 Å². The van der Waals surface area contributed by atoms with Crippen molar-refractivity contribution in [3.8, 4) is 0 Å². The van der Waals surface area contributed by atoms with Gasteiger partial charge in [-0.05, 0) is 24.2 Å². The SMILES string of the molecule is CC(C)[C@H](C(=O)OCC(=O)c1ccccc1)N1C(=O)[C@@H]2[C@H]3C[C@@H]([C@H](Br)[C@H]3Br)[C@H]2C1=O. The Balaban J connectivity index is 1.51. The van der Waals surface area contributed by atoms with Crippen LogP contribution in [0.4, 0.5) is 0 Å². The maximum absolute atomic E-state index is 13.2. The van der Waals surface area contributed by atoms with Crippen molar-refractivity contribution in [2.75, 3.05) is 6.61 Å². The number of halogens is 2. The van der Waals surface area contributed by atoms with Crippen LogP contribution < -0.4 is 0 Å². The monoisotopic (exact) mass is 539 g/mol. The van der Waals surface area contributed by atoms with E-state index in [4.69, 9.17) is 4.74 Å². The van der Waals surface area contributed by atoms with Crippen LogP contribution >= 0.6 is 31.9 Å². The van der Waals surface area contributed by atoms with Crippen molar-refractivity contribution in [2.45, 2.75) is 36.0 Å². The first-order valence-electron chi connectivity index (χ1n) is 10.1. The van der Waals surface area contributed by atoms with Gasteiger partial charge in [0.2, 0.25) is 11.8 Å². The van der Waals surface area contributed by atoms with Crippen molar-refractivity contribution in [3.63, 3.8) is 0 Å². The molecule has 0 N–H and O–H groups in total. The minimum atomic E-state index is -1.03. The van der Waals surface area contributed by atoms with Crippen LogP contribution in [0.1, 0.15) is 30.6 Å². The molecule has 6 nitrogen and oxygen atoms in total. The highest BCUT2D eigenvalue weighted by Gasteiger charge is 2.67. The van der Waals surface area contributed by atoms with Crippen LogP contribution in [-0.2, 0) is 19.1 Å². The molecule has 0 aromatic heterocycles. The molecule has 0 radical (unpaired) electrons. The van der Waals surface area contributed by atoms with Crippen molar-refractivity contribution in [2.24, 2.45) is 29.6 Å². The first kappa shape index (κ1) is 21.7. The van der Waals surface area contributed by atoms with Crippen molar-refractivity contribution in [1.82, 2.24) is 4.90 Å². The number of hydrogen-bond donors (Lipinski definition) is 0. The molecule has 3 fully saturated rings. The van der Waals surface area contributed by atoms with Crippen LogP contribution in [0, 0.1) is 29.6 Å². The number of benzene rings is 1. The summed E-state index contributed by atoms with van der Waals surface area (Å²) in [5.41, 5.74) is 0.442. The number of carbonyl (C=O) groups excluding carboxylic acids is 4. The smallest absolute Gasteiger partial charge is 0.330 e. The number of carbonyl (C=O) groups is 4. The Morgan fingerprint density at radius 2 is 1.57 bits per heavy atom. The van der Waals surface area contributed by atoms with E-state index in [0.29, 0.717) is 5.56 Å². The minimum absolute atomic E-state index is 0.0781. The molecule has 1 aliphatic heterocycles. The van der Waals surface area contributed by atoms with E-state index in [1.165, 1.54) is 0 Å². The lowest BCUT2D eigenvalue weighted by Gasteiger charge is -2.28. The summed E-state index contributed by atoms with van der Waals surface area (Å²) in [7, 11) is 0. The Morgan fingerprint density at radius 1 is 1.03 bits per heavy atom. The summed E-state index contributed by atoms with van der Waals surface area (Å²) in [5, 5.41) is 0. The number of Topliss-reactive ketones (excluding diaryl/α,β-unsaturated/α-hetero) is 1. The molecule has 2 amide bonds. The standard InChI is InChI=1S/C22H23Br2NO5/c1-10(2)19(22(29)30-9-14(26)11-6-4-3-5-7-11)25-20(27)15-12-8-13(16(15)21(25)28)18(24)17(12)23/h3-7,10,12-13,15-19H,8-9H2,1-2H3/t12-,13-,15-,16-,17+,18+,19-/m1/s1. The molecule has 2 aliphatic carbocycles. The fourth-order valence-corrected chi connectivity index (χ4v) is 7.12. The van der Waals surface area contributed by atoms with Gasteiger partial charge >= 0.3 is 5.97 Å². The summed E-state index contributed by atoms with van der Waals surface area (Å²) in [4.78, 5) is 53.0. The topological polar surface area (TPSA) is 80.8 Å². The molecule has 3 aliphatic rings. The summed E-state index contributed by atoms with van der Waals surface area (Å²) in [6.45, 7) is 3.12. The predicted octanol–water partition coefficient (Wildman–Crippen LogP) is 3.22. The molecule has 0 spiro atoms. The number of alkyl halides is 2. The molecule has 1 heterocycles. The fraction of sp³-hybridized carbons (Fsp3) is 0.545. The number of rotatable bonds is 6. The highest BCUT2D eigenvalue weighted by Crippen LogP contribution is 2.60. The molecule has 0 unspecified atom stereocenters. The van der Waals surface area contributed by atoms with Gasteiger partial charge in [-0.3, -0.25) is 19.3 Å². The second-order valence-corrected chi connectivity index (χ2v) is 10.8. The quantitative estimate of drug-likeness (QED) is 0.239. The van der Waals surface area contributed by atoms with Gasteiger partial charge in [0.1, 0.15) is 6.04 Å². The lowest BCUT2D eigenvalue weighted by molar-refractivity contribution is -0.160. The molecule has 2 bridgehead atoms. The number of amides is 2. The van der Waals surface area contributed by atoms with Gasteiger partial charge in [0.05, 0.1) is 11.8 Å². The molecule has 30 heavy (non-hydrogen) atoms. The van der Waals surface area contributed by atoms with E-state index < -0.39 is 18.6 Å². The molecule has 8 heteroatoms. The molecule has 7 atom stereocenters. The molecule has 4 rings (SSSR count). The number of fused-ring (bicyclic) bond motifs is 5. The van der Waals surface area contributed by atoms with Crippen LogP contribution in [0.5, 0.6) is 0 Å². The Labute approximate surface area is 192 Å². The molecular weight excluding hydrogens is 518 g/mol. The summed E-state index contributed by atoms with van der Waals surface area (Å²) in [6, 6.07) is 7.52. The lowest BCUT2D eigenvalue weighted by atomic mass is 9.81. The van der Waals surface area contributed by atoms with Crippen molar-refractivity contribution in [1.29, 1.82) is 0 Å². The zero-order valence-electron chi connectivity index (χ0n) is 16.7. The Bertz CT molecular complexity index is 857. The highest BCUT2D eigenvalue weighted by atomic mass is 79.9. The zero-order valence-corrected chi connectivity index (χ0v) is 19.8. The molecular formula is C22H23Br2NO5. The van der Waals surface area contributed by atoms with E-state index in [0.717, 1.165) is 11.3 Å². The van der Waals surface area contributed by atoms with E-state index in [1.807, 2.05) is 0 Å². The highest BCUT2D eigenvalue weighted by molar-refractivity contribution is 9.12. The van der Waals surface area contributed by atoms with Crippen LogP contribution in [0.15, 0.2) is 30.3 Å². The normalized spacial score (nSPS) is 33.2. The average Bonchev–Trinajstić information content (AvgIpc) is 3.33. The summed E-state index contributed by atoms with van der Waals surface area (Å²) >= 11 is 7.33. The molecule has 160 valence electrons. The van der Waals surface area contributed by atoms with Crippen molar-refractivity contribution in [3.05, 3.63) is 35.9 Å². The third-order valence-corrected chi connectivity index (χ3v) is 9.82. The van der Waals surface area contributed by atoms with Gasteiger partial charge in [0, 0.05) is 15.2 Å².